The molecule has 1 aliphatic carbocycles. The molecule has 1 amide bonds. The first kappa shape index (κ1) is 19.1. The molecule has 0 unspecified atom stereocenters. The van der Waals surface area contributed by atoms with Gasteiger partial charge in [0, 0.05) is 12.5 Å². The van der Waals surface area contributed by atoms with E-state index in [0.29, 0.717) is 11.6 Å². The number of aliphatic hydroxyl groups excluding tert-OH is 1. The third kappa shape index (κ3) is 3.61. The van der Waals surface area contributed by atoms with Crippen molar-refractivity contribution in [1.82, 2.24) is 5.32 Å². The van der Waals surface area contributed by atoms with Gasteiger partial charge in [0.2, 0.25) is 5.91 Å². The highest BCUT2D eigenvalue weighted by Gasteiger charge is 2.50. The molecule has 5 nitrogen and oxygen atoms in total. The third-order valence-corrected chi connectivity index (χ3v) is 4.87. The quantitative estimate of drug-likeness (QED) is 0.737. The van der Waals surface area contributed by atoms with Crippen LogP contribution in [0.2, 0.25) is 0 Å². The highest BCUT2D eigenvalue weighted by atomic mass is 19.1. The van der Waals surface area contributed by atoms with E-state index >= 15 is 0 Å². The highest BCUT2D eigenvalue weighted by molar-refractivity contribution is 5.97. The number of carbonyl (C=O) groups excluding carboxylic acids is 2. The predicted octanol–water partition coefficient (Wildman–Crippen LogP) is 1.35. The van der Waals surface area contributed by atoms with E-state index < -0.39 is 41.0 Å². The smallest absolute Gasteiger partial charge is 0.224 e. The summed E-state index contributed by atoms with van der Waals surface area (Å²) in [6.07, 6.45) is -1.14. The molecule has 0 aromatic heterocycles. The maximum atomic E-state index is 13.2. The van der Waals surface area contributed by atoms with Gasteiger partial charge in [0.25, 0.3) is 0 Å². The minimum Gasteiger partial charge on any atom is -0.390 e. The van der Waals surface area contributed by atoms with Crippen LogP contribution in [0.5, 0.6) is 0 Å². The van der Waals surface area contributed by atoms with Crippen LogP contribution in [0.25, 0.3) is 0 Å². The molecular formula is C20H20F2N2O3. The third-order valence-electron chi connectivity index (χ3n) is 4.87. The van der Waals surface area contributed by atoms with E-state index in [4.69, 9.17) is 5.73 Å². The Balaban J connectivity index is 1.73. The molecule has 0 aliphatic heterocycles. The number of nitrogens with one attached hydrogen (secondary N) is 1. The molecule has 0 heterocycles. The summed E-state index contributed by atoms with van der Waals surface area (Å²) in [5.74, 6) is -2.68. The minimum atomic E-state index is -1.62. The fraction of sp³-hybridized carbons (Fsp3) is 0.300. The molecule has 0 bridgehead atoms. The van der Waals surface area contributed by atoms with Gasteiger partial charge >= 0.3 is 0 Å². The molecule has 27 heavy (non-hydrogen) atoms. The van der Waals surface area contributed by atoms with Crippen molar-refractivity contribution >= 4 is 11.7 Å². The van der Waals surface area contributed by atoms with Crippen LogP contribution < -0.4 is 11.1 Å². The Morgan fingerprint density at radius 3 is 2.56 bits per heavy atom. The number of hydrogen-bond donors (Lipinski definition) is 3. The Morgan fingerprint density at radius 1 is 1.26 bits per heavy atom. The van der Waals surface area contributed by atoms with Crippen LogP contribution in [0.3, 0.4) is 0 Å². The molecule has 2 aromatic carbocycles. The van der Waals surface area contributed by atoms with Gasteiger partial charge in [-0.1, -0.05) is 24.3 Å². The summed E-state index contributed by atoms with van der Waals surface area (Å²) in [5, 5.41) is 12.9. The lowest BCUT2D eigenvalue weighted by atomic mass is 9.83. The van der Waals surface area contributed by atoms with Crippen molar-refractivity contribution < 1.29 is 23.5 Å². The number of Topliss-reactive ketones (excluding diaryl/α,β-unsaturated/α-hetero) is 1. The van der Waals surface area contributed by atoms with Crippen molar-refractivity contribution in [2.75, 3.05) is 0 Å². The van der Waals surface area contributed by atoms with E-state index in [1.54, 1.807) is 24.3 Å². The molecule has 0 saturated heterocycles. The predicted molar refractivity (Wildman–Crippen MR) is 94.7 cm³/mol. The summed E-state index contributed by atoms with van der Waals surface area (Å²) in [7, 11) is 0. The number of ketones is 1. The van der Waals surface area contributed by atoms with Crippen LogP contribution in [0, 0.1) is 11.6 Å². The standard InChI is InChI=1S/C20H20F2N2O3/c1-11(24-18(26)8-12-6-14(21)10-15(22)7-12)19(27)20(23)16-5-3-2-4-13(16)9-17(20)25/h2-7,10-11,17,25H,8-9,23H2,1H3,(H,24,26)/t11-,17-,20+/m0/s1. The summed E-state index contributed by atoms with van der Waals surface area (Å²) < 4.78 is 26.5. The fourth-order valence-corrected chi connectivity index (χ4v) is 3.56. The zero-order valence-electron chi connectivity index (χ0n) is 14.7. The van der Waals surface area contributed by atoms with E-state index in [0.717, 1.165) is 17.7 Å². The Labute approximate surface area is 155 Å². The highest BCUT2D eigenvalue weighted by Crippen LogP contribution is 2.36. The Morgan fingerprint density at radius 2 is 1.89 bits per heavy atom. The van der Waals surface area contributed by atoms with E-state index in [2.05, 4.69) is 5.32 Å². The second-order valence-electron chi connectivity index (χ2n) is 6.85. The van der Waals surface area contributed by atoms with Gasteiger partial charge in [-0.15, -0.1) is 0 Å². The number of rotatable bonds is 5. The number of halogens is 2. The fourth-order valence-electron chi connectivity index (χ4n) is 3.56. The topological polar surface area (TPSA) is 92.4 Å². The van der Waals surface area contributed by atoms with Crippen molar-refractivity contribution in [2.24, 2.45) is 5.73 Å². The lowest BCUT2D eigenvalue weighted by Crippen LogP contribution is -2.58. The van der Waals surface area contributed by atoms with Gasteiger partial charge in [0.05, 0.1) is 18.6 Å². The van der Waals surface area contributed by atoms with E-state index in [-0.39, 0.29) is 18.4 Å². The number of hydrogen-bond acceptors (Lipinski definition) is 4. The summed E-state index contributed by atoms with van der Waals surface area (Å²) in [6.45, 7) is 1.47. The van der Waals surface area contributed by atoms with Gasteiger partial charge in [-0.25, -0.2) is 8.78 Å². The Bertz CT molecular complexity index is 882. The summed E-state index contributed by atoms with van der Waals surface area (Å²) in [5.41, 5.74) is 6.14. The van der Waals surface area contributed by atoms with Gasteiger partial charge in [0.15, 0.2) is 5.78 Å². The van der Waals surface area contributed by atoms with Crippen molar-refractivity contribution in [2.45, 2.75) is 37.5 Å². The first-order valence-electron chi connectivity index (χ1n) is 8.55. The van der Waals surface area contributed by atoms with Gasteiger partial charge in [-0.3, -0.25) is 9.59 Å². The van der Waals surface area contributed by atoms with Crippen LogP contribution >= 0.6 is 0 Å². The van der Waals surface area contributed by atoms with E-state index in [9.17, 15) is 23.5 Å². The second-order valence-corrected chi connectivity index (χ2v) is 6.85. The second kappa shape index (κ2) is 7.17. The molecule has 3 atom stereocenters. The summed E-state index contributed by atoms with van der Waals surface area (Å²) in [6, 6.07) is 8.84. The van der Waals surface area contributed by atoms with Crippen LogP contribution in [-0.4, -0.2) is 28.9 Å². The Hall–Kier alpha value is -2.64. The molecule has 0 fully saturated rings. The SMILES string of the molecule is C[C@H](NC(=O)Cc1cc(F)cc(F)c1)C(=O)[C@@]1(N)c2ccccc2C[C@@H]1O. The lowest BCUT2D eigenvalue weighted by Gasteiger charge is -2.30. The molecule has 0 spiro atoms. The molecular weight excluding hydrogens is 354 g/mol. The van der Waals surface area contributed by atoms with Gasteiger partial charge in [-0.05, 0) is 35.7 Å². The molecule has 3 rings (SSSR count). The lowest BCUT2D eigenvalue weighted by molar-refractivity contribution is -0.133. The van der Waals surface area contributed by atoms with Crippen LogP contribution in [0.1, 0.15) is 23.6 Å². The number of aliphatic hydroxyl groups is 1. The van der Waals surface area contributed by atoms with Crippen LogP contribution in [0.15, 0.2) is 42.5 Å². The van der Waals surface area contributed by atoms with E-state index in [1.807, 2.05) is 0 Å². The number of carbonyl (C=O) groups is 2. The van der Waals surface area contributed by atoms with Crippen LogP contribution in [0.4, 0.5) is 8.78 Å². The molecule has 142 valence electrons. The monoisotopic (exact) mass is 374 g/mol. The first-order valence-corrected chi connectivity index (χ1v) is 8.55. The zero-order valence-corrected chi connectivity index (χ0v) is 14.7. The summed E-state index contributed by atoms with van der Waals surface area (Å²) in [4.78, 5) is 25.1. The van der Waals surface area contributed by atoms with E-state index in [1.165, 1.54) is 6.92 Å². The van der Waals surface area contributed by atoms with Crippen molar-refractivity contribution in [3.05, 3.63) is 70.8 Å². The number of fused-ring (bicyclic) bond motifs is 1. The number of nitrogens with two attached hydrogens (primary N) is 1. The van der Waals surface area contributed by atoms with Gasteiger partial charge in [-0.2, -0.15) is 0 Å². The van der Waals surface area contributed by atoms with Crippen LogP contribution in [-0.2, 0) is 28.0 Å². The first-order chi connectivity index (χ1) is 12.7. The Kier molecular flexibility index (Phi) is 5.08. The number of amides is 1. The molecule has 4 N–H and O–H groups in total. The van der Waals surface area contributed by atoms with Crippen molar-refractivity contribution in [3.63, 3.8) is 0 Å². The molecule has 0 saturated carbocycles. The largest absolute Gasteiger partial charge is 0.390 e. The van der Waals surface area contributed by atoms with Gasteiger partial charge < -0.3 is 16.2 Å². The average Bonchev–Trinajstić information content (AvgIpc) is 2.85. The molecule has 2 aromatic rings. The summed E-state index contributed by atoms with van der Waals surface area (Å²) >= 11 is 0. The van der Waals surface area contributed by atoms with Gasteiger partial charge in [0.1, 0.15) is 17.2 Å². The maximum Gasteiger partial charge on any atom is 0.224 e. The molecule has 0 radical (unpaired) electrons. The minimum absolute atomic E-state index is 0.151. The molecule has 7 heteroatoms. The maximum absolute atomic E-state index is 13.2. The van der Waals surface area contributed by atoms with Crippen molar-refractivity contribution in [3.8, 4) is 0 Å². The zero-order chi connectivity index (χ0) is 19.8. The van der Waals surface area contributed by atoms with Crippen molar-refractivity contribution in [1.29, 1.82) is 0 Å². The number of benzene rings is 2. The normalized spacial score (nSPS) is 22.2. The molecule has 1 aliphatic rings. The average molecular weight is 374 g/mol.